The third kappa shape index (κ3) is 4.46. The topological polar surface area (TPSA) is 99.9 Å². The minimum Gasteiger partial charge on any atom is -0.493 e. The molecule has 7 nitrogen and oxygen atoms in total. The smallest absolute Gasteiger partial charge is 0.264 e. The van der Waals surface area contributed by atoms with Crippen molar-refractivity contribution < 1.29 is 23.0 Å². The first-order valence-electron chi connectivity index (χ1n) is 11.0. The lowest BCUT2D eigenvalue weighted by Gasteiger charge is -2.36. The van der Waals surface area contributed by atoms with Crippen molar-refractivity contribution in [3.63, 3.8) is 0 Å². The van der Waals surface area contributed by atoms with Gasteiger partial charge in [-0.1, -0.05) is 0 Å². The second kappa shape index (κ2) is 9.49. The number of aliphatic hydroxyl groups is 1. The lowest BCUT2D eigenvalue weighted by atomic mass is 9.97. The molecule has 0 amide bonds. The molecular weight excluding hydrogens is 428 g/mol. The standard InChI is InChI=1S/C24H28N2O5S/c1-17-2-4-20-12-19(14-25)3-6-23(20)26(17)32(28,29)22-5-7-24(21(13-22)15-27)31-16-18-8-10-30-11-9-18/h3,5-7,12-13,17-18,27H,2,4,8-11,15-16H2,1H3. The maximum Gasteiger partial charge on any atom is 0.264 e. The Labute approximate surface area is 189 Å². The Hall–Kier alpha value is -2.60. The van der Waals surface area contributed by atoms with Gasteiger partial charge in [0.05, 0.1) is 35.4 Å². The molecule has 1 fully saturated rings. The first-order valence-corrected chi connectivity index (χ1v) is 12.4. The molecule has 1 N–H and O–H groups in total. The molecule has 1 unspecified atom stereocenters. The Bertz CT molecular complexity index is 1120. The summed E-state index contributed by atoms with van der Waals surface area (Å²) in [5.74, 6) is 0.895. The van der Waals surface area contributed by atoms with E-state index in [1.165, 1.54) is 10.4 Å². The molecule has 4 rings (SSSR count). The molecule has 0 spiro atoms. The molecule has 2 aliphatic rings. The van der Waals surface area contributed by atoms with Gasteiger partial charge in [0.25, 0.3) is 10.0 Å². The van der Waals surface area contributed by atoms with Crippen molar-refractivity contribution in [3.8, 4) is 11.8 Å². The number of hydrogen-bond acceptors (Lipinski definition) is 6. The molecule has 0 aliphatic carbocycles. The summed E-state index contributed by atoms with van der Waals surface area (Å²) in [5.41, 5.74) is 2.42. The van der Waals surface area contributed by atoms with Crippen LogP contribution in [0.5, 0.6) is 5.75 Å². The number of nitriles is 1. The van der Waals surface area contributed by atoms with E-state index in [2.05, 4.69) is 6.07 Å². The van der Waals surface area contributed by atoms with E-state index in [0.717, 1.165) is 38.0 Å². The van der Waals surface area contributed by atoms with E-state index in [-0.39, 0.29) is 17.5 Å². The predicted octanol–water partition coefficient (Wildman–Crippen LogP) is 3.39. The van der Waals surface area contributed by atoms with Crippen molar-refractivity contribution in [2.45, 2.75) is 50.2 Å². The van der Waals surface area contributed by atoms with Crippen molar-refractivity contribution in [1.82, 2.24) is 0 Å². The maximum atomic E-state index is 13.6. The van der Waals surface area contributed by atoms with Gasteiger partial charge in [-0.3, -0.25) is 4.31 Å². The zero-order valence-corrected chi connectivity index (χ0v) is 19.0. The van der Waals surface area contributed by atoms with Crippen LogP contribution in [0, 0.1) is 17.2 Å². The van der Waals surface area contributed by atoms with Gasteiger partial charge < -0.3 is 14.6 Å². The fourth-order valence-corrected chi connectivity index (χ4v) is 6.15. The fraction of sp³-hybridized carbons (Fsp3) is 0.458. The average molecular weight is 457 g/mol. The average Bonchev–Trinajstić information content (AvgIpc) is 2.82. The third-order valence-electron chi connectivity index (χ3n) is 6.25. The van der Waals surface area contributed by atoms with Gasteiger partial charge in [0, 0.05) is 24.8 Å². The highest BCUT2D eigenvalue weighted by Crippen LogP contribution is 2.37. The fourth-order valence-electron chi connectivity index (χ4n) is 4.37. The van der Waals surface area contributed by atoms with E-state index < -0.39 is 10.0 Å². The molecule has 0 saturated carbocycles. The molecule has 2 aromatic carbocycles. The molecular formula is C24H28N2O5S. The number of rotatable bonds is 6. The molecule has 0 aromatic heterocycles. The van der Waals surface area contributed by atoms with Gasteiger partial charge in [0.15, 0.2) is 0 Å². The first-order chi connectivity index (χ1) is 15.4. The Kier molecular flexibility index (Phi) is 6.70. The van der Waals surface area contributed by atoms with Crippen molar-refractivity contribution in [1.29, 1.82) is 5.26 Å². The SMILES string of the molecule is CC1CCc2cc(C#N)ccc2N1S(=O)(=O)c1ccc(OCC2CCOCC2)c(CO)c1. The van der Waals surface area contributed by atoms with Crippen LogP contribution in [0.15, 0.2) is 41.3 Å². The van der Waals surface area contributed by atoms with Crippen LogP contribution >= 0.6 is 0 Å². The highest BCUT2D eigenvalue weighted by molar-refractivity contribution is 7.92. The van der Waals surface area contributed by atoms with E-state index in [9.17, 15) is 18.8 Å². The van der Waals surface area contributed by atoms with Crippen LogP contribution in [0.25, 0.3) is 0 Å². The normalized spacial score (nSPS) is 19.3. The zero-order chi connectivity index (χ0) is 22.7. The second-order valence-corrected chi connectivity index (χ2v) is 10.3. The third-order valence-corrected chi connectivity index (χ3v) is 8.18. The Morgan fingerprint density at radius 2 is 1.97 bits per heavy atom. The van der Waals surface area contributed by atoms with Crippen LogP contribution in [-0.4, -0.2) is 39.4 Å². The Morgan fingerprint density at radius 1 is 1.19 bits per heavy atom. The highest BCUT2D eigenvalue weighted by Gasteiger charge is 2.34. The largest absolute Gasteiger partial charge is 0.493 e. The molecule has 2 aliphatic heterocycles. The summed E-state index contributed by atoms with van der Waals surface area (Å²) >= 11 is 0. The maximum absolute atomic E-state index is 13.6. The second-order valence-electron chi connectivity index (χ2n) is 8.44. The summed E-state index contributed by atoms with van der Waals surface area (Å²) in [6.07, 6.45) is 3.25. The number of sulfonamides is 1. The Balaban J connectivity index is 1.62. The van der Waals surface area contributed by atoms with Crippen LogP contribution < -0.4 is 9.04 Å². The van der Waals surface area contributed by atoms with Crippen LogP contribution in [0.3, 0.4) is 0 Å². The number of anilines is 1. The number of aryl methyl sites for hydroxylation is 1. The summed E-state index contributed by atoms with van der Waals surface area (Å²) in [7, 11) is -3.86. The lowest BCUT2D eigenvalue weighted by molar-refractivity contribution is 0.0494. The first kappa shape index (κ1) is 22.6. The summed E-state index contributed by atoms with van der Waals surface area (Å²) in [5, 5.41) is 19.1. The summed E-state index contributed by atoms with van der Waals surface area (Å²) in [6, 6.07) is 11.7. The van der Waals surface area contributed by atoms with Crippen molar-refractivity contribution in [2.24, 2.45) is 5.92 Å². The molecule has 1 atom stereocenters. The summed E-state index contributed by atoms with van der Waals surface area (Å²) in [6.45, 7) is 3.54. The number of fused-ring (bicyclic) bond motifs is 1. The van der Waals surface area contributed by atoms with Gasteiger partial charge in [-0.25, -0.2) is 8.42 Å². The highest BCUT2D eigenvalue weighted by atomic mass is 32.2. The van der Waals surface area contributed by atoms with E-state index in [1.54, 1.807) is 30.3 Å². The molecule has 0 bridgehead atoms. The molecule has 32 heavy (non-hydrogen) atoms. The quantitative estimate of drug-likeness (QED) is 0.715. The van der Waals surface area contributed by atoms with Crippen molar-refractivity contribution >= 4 is 15.7 Å². The summed E-state index contributed by atoms with van der Waals surface area (Å²) < 4.78 is 40.0. The van der Waals surface area contributed by atoms with E-state index in [1.807, 2.05) is 6.92 Å². The van der Waals surface area contributed by atoms with Gasteiger partial charge in [0.1, 0.15) is 5.75 Å². The Morgan fingerprint density at radius 3 is 2.69 bits per heavy atom. The van der Waals surface area contributed by atoms with Crippen molar-refractivity contribution in [2.75, 3.05) is 24.1 Å². The zero-order valence-electron chi connectivity index (χ0n) is 18.2. The number of aliphatic hydroxyl groups excluding tert-OH is 1. The van der Waals surface area contributed by atoms with Gasteiger partial charge in [-0.15, -0.1) is 0 Å². The van der Waals surface area contributed by atoms with Crippen LogP contribution in [-0.2, 0) is 27.8 Å². The minimum atomic E-state index is -3.86. The predicted molar refractivity (Wildman–Crippen MR) is 120 cm³/mol. The van der Waals surface area contributed by atoms with Gasteiger partial charge in [0.2, 0.25) is 0 Å². The van der Waals surface area contributed by atoms with Gasteiger partial charge in [-0.05, 0) is 80.5 Å². The summed E-state index contributed by atoms with van der Waals surface area (Å²) in [4.78, 5) is 0.115. The molecule has 2 aromatic rings. The molecule has 0 radical (unpaired) electrons. The molecule has 8 heteroatoms. The van der Waals surface area contributed by atoms with Crippen molar-refractivity contribution in [3.05, 3.63) is 53.1 Å². The van der Waals surface area contributed by atoms with Gasteiger partial charge in [-0.2, -0.15) is 5.26 Å². The monoisotopic (exact) mass is 456 g/mol. The van der Waals surface area contributed by atoms with Crippen LogP contribution in [0.2, 0.25) is 0 Å². The van der Waals surface area contributed by atoms with E-state index in [0.29, 0.717) is 41.5 Å². The number of benzene rings is 2. The van der Waals surface area contributed by atoms with E-state index in [4.69, 9.17) is 9.47 Å². The van der Waals surface area contributed by atoms with Gasteiger partial charge >= 0.3 is 0 Å². The molecule has 170 valence electrons. The minimum absolute atomic E-state index is 0.115. The number of nitrogens with zero attached hydrogens (tertiary/aromatic N) is 2. The van der Waals surface area contributed by atoms with Crippen LogP contribution in [0.1, 0.15) is 42.9 Å². The lowest BCUT2D eigenvalue weighted by Crippen LogP contribution is -2.42. The van der Waals surface area contributed by atoms with E-state index >= 15 is 0 Å². The number of hydrogen-bond donors (Lipinski definition) is 1. The number of ether oxygens (including phenoxy) is 2. The molecule has 1 saturated heterocycles. The van der Waals surface area contributed by atoms with Crippen LogP contribution in [0.4, 0.5) is 5.69 Å². The molecule has 2 heterocycles.